The zero-order chi connectivity index (χ0) is 22.7. The van der Waals surface area contributed by atoms with Crippen molar-refractivity contribution < 1.29 is 23.7 Å². The molecule has 4 rings (SSSR count). The van der Waals surface area contributed by atoms with Crippen LogP contribution in [0.5, 0.6) is 23.0 Å². The van der Waals surface area contributed by atoms with Crippen LogP contribution < -0.4 is 24.3 Å². The molecular weight excluding hydrogens is 410 g/mol. The van der Waals surface area contributed by atoms with Crippen LogP contribution in [0.4, 0.5) is 5.69 Å². The van der Waals surface area contributed by atoms with Crippen LogP contribution in [0.2, 0.25) is 0 Å². The number of nitrogens with one attached hydrogen (secondary N) is 1. The molecule has 0 aliphatic heterocycles. The minimum absolute atomic E-state index is 0.347. The van der Waals surface area contributed by atoms with E-state index in [1.807, 2.05) is 47.1 Å². The number of hydrogen-bond donors (Lipinski definition) is 1. The molecule has 0 spiro atoms. The van der Waals surface area contributed by atoms with Crippen molar-refractivity contribution >= 4 is 17.2 Å². The fourth-order valence-electron chi connectivity index (χ4n) is 3.45. The maximum atomic E-state index is 13.1. The number of nitrogens with zero attached hydrogens (tertiary/aromatic N) is 2. The van der Waals surface area contributed by atoms with Crippen molar-refractivity contribution in [2.45, 2.75) is 0 Å². The van der Waals surface area contributed by atoms with Crippen LogP contribution in [-0.2, 0) is 0 Å². The molecule has 0 unspecified atom stereocenters. The van der Waals surface area contributed by atoms with E-state index in [0.29, 0.717) is 34.2 Å². The van der Waals surface area contributed by atoms with Crippen LogP contribution in [0.25, 0.3) is 16.9 Å². The summed E-state index contributed by atoms with van der Waals surface area (Å²) in [5, 5.41) is 2.91. The Morgan fingerprint density at radius 3 is 2.22 bits per heavy atom. The lowest BCUT2D eigenvalue weighted by Crippen LogP contribution is -2.13. The van der Waals surface area contributed by atoms with Crippen LogP contribution >= 0.6 is 0 Å². The molecular formula is C24H23N3O5. The van der Waals surface area contributed by atoms with Crippen LogP contribution in [0.3, 0.4) is 0 Å². The number of aromatic nitrogens is 2. The van der Waals surface area contributed by atoms with Gasteiger partial charge >= 0.3 is 0 Å². The van der Waals surface area contributed by atoms with E-state index in [2.05, 4.69) is 10.3 Å². The Balaban J connectivity index is 1.69. The van der Waals surface area contributed by atoms with Crippen molar-refractivity contribution in [2.24, 2.45) is 0 Å². The lowest BCUT2D eigenvalue weighted by atomic mass is 10.1. The first-order chi connectivity index (χ1) is 15.6. The van der Waals surface area contributed by atoms with E-state index in [9.17, 15) is 4.79 Å². The van der Waals surface area contributed by atoms with Gasteiger partial charge in [0.05, 0.1) is 39.8 Å². The number of benzene rings is 2. The van der Waals surface area contributed by atoms with Crippen LogP contribution in [0.15, 0.2) is 60.9 Å². The molecule has 8 nitrogen and oxygen atoms in total. The first-order valence-electron chi connectivity index (χ1n) is 9.81. The number of rotatable bonds is 7. The van der Waals surface area contributed by atoms with Gasteiger partial charge in [0.2, 0.25) is 5.75 Å². The van der Waals surface area contributed by atoms with Gasteiger partial charge < -0.3 is 28.7 Å². The number of pyridine rings is 1. The third kappa shape index (κ3) is 3.90. The van der Waals surface area contributed by atoms with Gasteiger partial charge in [-0.2, -0.15) is 0 Å². The third-order valence-electron chi connectivity index (χ3n) is 5.03. The Morgan fingerprint density at radius 2 is 1.59 bits per heavy atom. The van der Waals surface area contributed by atoms with E-state index < -0.39 is 0 Å². The summed E-state index contributed by atoms with van der Waals surface area (Å²) in [5.41, 5.74) is 3.32. The van der Waals surface area contributed by atoms with E-state index in [-0.39, 0.29) is 5.91 Å². The molecule has 32 heavy (non-hydrogen) atoms. The van der Waals surface area contributed by atoms with Gasteiger partial charge in [0.25, 0.3) is 5.91 Å². The smallest absolute Gasteiger partial charge is 0.256 e. The van der Waals surface area contributed by atoms with Crippen molar-refractivity contribution in [1.82, 2.24) is 9.38 Å². The highest BCUT2D eigenvalue weighted by Gasteiger charge is 2.18. The number of carbonyl (C=O) groups is 1. The number of imidazole rings is 1. The van der Waals surface area contributed by atoms with Crippen molar-refractivity contribution in [1.29, 1.82) is 0 Å². The normalized spacial score (nSPS) is 10.6. The zero-order valence-electron chi connectivity index (χ0n) is 18.2. The lowest BCUT2D eigenvalue weighted by molar-refractivity contribution is 0.102. The fourth-order valence-corrected chi connectivity index (χ4v) is 3.45. The Labute approximate surface area is 185 Å². The number of ether oxygens (including phenoxy) is 4. The molecule has 0 atom stereocenters. The number of carbonyl (C=O) groups excluding carboxylic acids is 1. The third-order valence-corrected chi connectivity index (χ3v) is 5.03. The van der Waals surface area contributed by atoms with Gasteiger partial charge in [-0.25, -0.2) is 4.98 Å². The highest BCUT2D eigenvalue weighted by molar-refractivity contribution is 6.06. The highest BCUT2D eigenvalue weighted by Crippen LogP contribution is 2.38. The molecule has 2 aromatic heterocycles. The predicted molar refractivity (Wildman–Crippen MR) is 121 cm³/mol. The average Bonchev–Trinajstić information content (AvgIpc) is 3.27. The molecule has 4 aromatic rings. The highest BCUT2D eigenvalue weighted by atomic mass is 16.5. The van der Waals surface area contributed by atoms with Crippen LogP contribution in [-0.4, -0.2) is 43.7 Å². The number of hydrogen-bond acceptors (Lipinski definition) is 6. The first kappa shape index (κ1) is 21.0. The molecule has 0 fully saturated rings. The van der Waals surface area contributed by atoms with E-state index in [1.165, 1.54) is 21.3 Å². The van der Waals surface area contributed by atoms with Gasteiger partial charge in [-0.1, -0.05) is 6.07 Å². The van der Waals surface area contributed by atoms with E-state index >= 15 is 0 Å². The number of amides is 1. The Morgan fingerprint density at radius 1 is 0.875 bits per heavy atom. The molecule has 0 saturated heterocycles. The Bertz CT molecular complexity index is 1220. The van der Waals surface area contributed by atoms with Crippen molar-refractivity contribution in [3.63, 3.8) is 0 Å². The topological polar surface area (TPSA) is 83.3 Å². The van der Waals surface area contributed by atoms with Crippen molar-refractivity contribution in [3.05, 3.63) is 66.5 Å². The van der Waals surface area contributed by atoms with E-state index in [1.54, 1.807) is 25.3 Å². The van der Waals surface area contributed by atoms with Gasteiger partial charge in [-0.05, 0) is 42.5 Å². The summed E-state index contributed by atoms with van der Waals surface area (Å²) in [5.74, 6) is 1.37. The summed E-state index contributed by atoms with van der Waals surface area (Å²) in [4.78, 5) is 17.7. The number of methoxy groups -OCH3 is 4. The molecule has 0 saturated carbocycles. The lowest BCUT2D eigenvalue weighted by Gasteiger charge is -2.15. The Kier molecular flexibility index (Phi) is 5.85. The monoisotopic (exact) mass is 433 g/mol. The van der Waals surface area contributed by atoms with Gasteiger partial charge in [-0.15, -0.1) is 0 Å². The van der Waals surface area contributed by atoms with E-state index in [4.69, 9.17) is 18.9 Å². The average molecular weight is 433 g/mol. The number of fused-ring (bicyclic) bond motifs is 1. The van der Waals surface area contributed by atoms with Gasteiger partial charge in [0.1, 0.15) is 11.4 Å². The SMILES string of the molecule is COc1ccc(-c2cn3ccccc3n2)cc1NC(=O)c1cc(OC)c(OC)c(OC)c1. The largest absolute Gasteiger partial charge is 0.495 e. The number of anilines is 1. The molecule has 2 aromatic carbocycles. The second kappa shape index (κ2) is 8.89. The Hall–Kier alpha value is -4.20. The second-order valence-electron chi connectivity index (χ2n) is 6.88. The molecule has 0 aliphatic rings. The second-order valence-corrected chi connectivity index (χ2v) is 6.88. The molecule has 0 aliphatic carbocycles. The zero-order valence-corrected chi connectivity index (χ0v) is 18.2. The molecule has 1 N–H and O–H groups in total. The summed E-state index contributed by atoms with van der Waals surface area (Å²) in [7, 11) is 6.06. The maximum absolute atomic E-state index is 13.1. The molecule has 0 bridgehead atoms. The molecule has 164 valence electrons. The summed E-state index contributed by atoms with van der Waals surface area (Å²) < 4.78 is 23.4. The molecule has 0 radical (unpaired) electrons. The van der Waals surface area contributed by atoms with Gasteiger partial charge in [-0.3, -0.25) is 4.79 Å². The van der Waals surface area contributed by atoms with Crippen molar-refractivity contribution in [2.75, 3.05) is 33.8 Å². The summed E-state index contributed by atoms with van der Waals surface area (Å²) in [6.07, 6.45) is 3.87. The first-order valence-corrected chi connectivity index (χ1v) is 9.81. The summed E-state index contributed by atoms with van der Waals surface area (Å²) in [6, 6.07) is 14.5. The maximum Gasteiger partial charge on any atom is 0.256 e. The van der Waals surface area contributed by atoms with Gasteiger partial charge in [0.15, 0.2) is 11.5 Å². The van der Waals surface area contributed by atoms with E-state index in [0.717, 1.165) is 16.9 Å². The van der Waals surface area contributed by atoms with Crippen LogP contribution in [0.1, 0.15) is 10.4 Å². The quantitative estimate of drug-likeness (QED) is 0.468. The molecule has 8 heteroatoms. The molecule has 1 amide bonds. The van der Waals surface area contributed by atoms with Crippen molar-refractivity contribution in [3.8, 4) is 34.3 Å². The van der Waals surface area contributed by atoms with Gasteiger partial charge in [0, 0.05) is 23.5 Å². The fraction of sp³-hybridized carbons (Fsp3) is 0.167. The molecule has 2 heterocycles. The van der Waals surface area contributed by atoms with Crippen LogP contribution in [0, 0.1) is 0 Å². The predicted octanol–water partition coefficient (Wildman–Crippen LogP) is 4.29. The summed E-state index contributed by atoms with van der Waals surface area (Å²) in [6.45, 7) is 0. The summed E-state index contributed by atoms with van der Waals surface area (Å²) >= 11 is 0. The minimum Gasteiger partial charge on any atom is -0.495 e. The minimum atomic E-state index is -0.352. The standard InChI is InChI=1S/C24H23N3O5/c1-29-19-9-8-15(18-14-27-10-6-5-7-22(27)25-18)11-17(19)26-24(28)16-12-20(30-2)23(32-4)21(13-16)31-3/h5-14H,1-4H3,(H,26,28).